The van der Waals surface area contributed by atoms with Crippen LogP contribution in [0.3, 0.4) is 0 Å². The summed E-state index contributed by atoms with van der Waals surface area (Å²) in [7, 11) is -10.9. The van der Waals surface area contributed by atoms with Gasteiger partial charge in [0.05, 0.1) is 0 Å². The second-order valence-electron chi connectivity index (χ2n) is 0.750. The van der Waals surface area contributed by atoms with Crippen molar-refractivity contribution < 1.29 is 229 Å². The fourth-order valence-corrected chi connectivity index (χ4v) is 0. The first-order chi connectivity index (χ1) is 5.20. The molecule has 0 saturated carbocycles. The minimum absolute atomic E-state index is 0. The van der Waals surface area contributed by atoms with Gasteiger partial charge in [0.25, 0.3) is 0 Å². The van der Waals surface area contributed by atoms with Gasteiger partial charge in [-0.05, 0) is 0 Å². The molecule has 0 heterocycles. The van der Waals surface area contributed by atoms with Crippen LogP contribution in [0.15, 0.2) is 0 Å². The summed E-state index contributed by atoms with van der Waals surface area (Å²) in [5.41, 5.74) is 0. The smallest absolute Gasteiger partial charge is 1.00 e. The normalized spacial score (nSPS) is 4.50. The molecule has 0 amide bonds. The molecule has 0 rings (SSSR count). The third kappa shape index (κ3) is 257. The molecule has 0 aromatic rings. The Kier molecular flexibility index (Phi) is 98.4. The van der Waals surface area contributed by atoms with Crippen molar-refractivity contribution in [3.8, 4) is 0 Å². The molecule has 0 bridgehead atoms. The van der Waals surface area contributed by atoms with Gasteiger partial charge in [0.1, 0.15) is 0 Å². The number of hydrogen-bond acceptors (Lipinski definition) is 9. The molecule has 0 aliphatic carbocycles. The van der Waals surface area contributed by atoms with Gasteiger partial charge < -0.3 is 45.0 Å². The Bertz CT molecular complexity index is 133. The Labute approximate surface area is 249 Å². The summed E-state index contributed by atoms with van der Waals surface area (Å²) in [5, 5.41) is 0. The summed E-state index contributed by atoms with van der Waals surface area (Å²) < 4.78 is 25.6. The van der Waals surface area contributed by atoms with Crippen LogP contribution in [0.1, 0.15) is 2.85 Å². The van der Waals surface area contributed by atoms with Crippen LogP contribution in [-0.4, -0.2) is 27.5 Å². The summed E-state index contributed by atoms with van der Waals surface area (Å²) in [6, 6.07) is 0. The van der Waals surface area contributed by atoms with Crippen LogP contribution >= 0.6 is 0 Å². The van der Waals surface area contributed by atoms with Crippen LogP contribution in [0.25, 0.3) is 0 Å². The van der Waals surface area contributed by atoms with Crippen molar-refractivity contribution in [1.82, 2.24) is 0 Å². The molecule has 0 atom stereocenters. The van der Waals surface area contributed by atoms with Crippen molar-refractivity contribution in [2.45, 2.75) is 0 Å². The molecule has 0 unspecified atom stereocenters. The van der Waals surface area contributed by atoms with Crippen LogP contribution in [0, 0.1) is 81.7 Å². The predicted molar refractivity (Wildman–Crippen MR) is 21.5 cm³/mol. The summed E-state index contributed by atoms with van der Waals surface area (Å²) in [6.45, 7) is 0. The Hall–Kier alpha value is 4.82. The van der Waals surface area contributed by atoms with Crippen LogP contribution in [-0.2, 0) is 13.4 Å². The first-order valence-corrected chi connectivity index (χ1v) is 5.51. The molecule has 16 heteroatoms. The van der Waals surface area contributed by atoms with Crippen molar-refractivity contribution in [1.29, 1.82) is 0 Å². The van der Waals surface area contributed by atoms with Gasteiger partial charge in [0.2, 0.25) is 0 Å². The Morgan fingerprint density at radius 1 is 0.562 bits per heavy atom. The summed E-state index contributed by atoms with van der Waals surface area (Å²) in [5.74, 6) is 0. The zero-order valence-corrected chi connectivity index (χ0v) is 23.8. The van der Waals surface area contributed by atoms with E-state index < -0.39 is 27.5 Å². The minimum Gasteiger partial charge on any atom is -1.00 e. The van der Waals surface area contributed by atoms with Gasteiger partial charge in [0.15, 0.2) is 0 Å². The molecule has 16 heavy (non-hydrogen) atoms. The Morgan fingerprint density at radius 2 is 0.562 bits per heavy atom. The van der Waals surface area contributed by atoms with Crippen LogP contribution < -0.4 is 132 Å². The zero-order chi connectivity index (χ0) is 10.7. The van der Waals surface area contributed by atoms with Crippen molar-refractivity contribution in [3.63, 3.8) is 0 Å². The van der Waals surface area contributed by atoms with Crippen LogP contribution in [0.4, 0.5) is 0 Å². The van der Waals surface area contributed by atoms with E-state index >= 15 is 0 Å². The molecule has 2 radical (unpaired) electrons. The predicted octanol–water partition coefficient (Wildman–Crippen LogP) is -14.4. The summed E-state index contributed by atoms with van der Waals surface area (Å²) >= 11 is 0. The van der Waals surface area contributed by atoms with Gasteiger partial charge in [-0.3, -0.25) is 0 Å². The van der Waals surface area contributed by atoms with Gasteiger partial charge in [-0.25, -0.2) is 0 Å². The molecule has 0 aliphatic rings. The van der Waals surface area contributed by atoms with E-state index in [1.165, 1.54) is 0 Å². The van der Waals surface area contributed by atoms with E-state index in [4.69, 9.17) is 42.2 Å². The van der Waals surface area contributed by atoms with Gasteiger partial charge in [-0.1, -0.05) is 0 Å². The Balaban J connectivity index is -0.00000000827. The van der Waals surface area contributed by atoms with Gasteiger partial charge in [0, 0.05) is 27.5 Å². The summed E-state index contributed by atoms with van der Waals surface area (Å²) in [4.78, 5) is 51.1. The topological polar surface area (TPSA) is 190 Å². The molecular weight excluding hydrogens is 595 g/mol. The van der Waals surface area contributed by atoms with E-state index in [2.05, 4.69) is 0 Å². The molecule has 0 aromatic carbocycles. The molecule has 0 saturated heterocycles. The second kappa shape index (κ2) is 36.8. The number of hydrogen-bond donors (Lipinski definition) is 0. The fraction of sp³-hybridized carbons (Fsp3) is 0. The van der Waals surface area contributed by atoms with Gasteiger partial charge in [-0.2, -0.15) is 0 Å². The van der Waals surface area contributed by atoms with Crippen molar-refractivity contribution >= 4 is 27.5 Å². The van der Waals surface area contributed by atoms with Gasteiger partial charge >= 0.3 is 184 Å². The maximum atomic E-state index is 8.52. The fourth-order valence-electron chi connectivity index (χ4n) is 0. The monoisotopic (exact) mass is 592 g/mol. The SMILES string of the molecule is O=[Si]([O-])[O-].O=[Si]([O-])[O-].O=[Si]([O-])[O-].[H-].[H-].[K+].[K+].[Nd+3].[Nd+3]. The van der Waals surface area contributed by atoms with Gasteiger partial charge in [-0.15, -0.1) is 0 Å². The van der Waals surface area contributed by atoms with E-state index in [0.717, 1.165) is 0 Å². The molecular formula is H2K2Nd2O9Si3. The van der Waals surface area contributed by atoms with Crippen molar-refractivity contribution in [2.75, 3.05) is 0 Å². The zero-order valence-electron chi connectivity index (χ0n) is 10.2. The Morgan fingerprint density at radius 3 is 0.562 bits per heavy atom. The third-order valence-electron chi connectivity index (χ3n) is 0. The average Bonchev–Trinajstić information content (AvgIpc) is 1.54. The molecule has 0 fully saturated rings. The molecule has 0 aromatic heterocycles. The third-order valence-corrected chi connectivity index (χ3v) is 0. The van der Waals surface area contributed by atoms with E-state index in [1.54, 1.807) is 0 Å². The molecule has 9 nitrogen and oxygen atoms in total. The first kappa shape index (κ1) is 42.8. The summed E-state index contributed by atoms with van der Waals surface area (Å²) in [6.07, 6.45) is 0. The molecule has 0 aliphatic heterocycles. The van der Waals surface area contributed by atoms with Crippen LogP contribution in [0.5, 0.6) is 0 Å². The standard InChI is InChI=1S/2K.2Nd.3O3Si.2H/c;;;;3*1-4(2)3;;/q2*+1;2*+3;3*-2;2*-1. The maximum absolute atomic E-state index is 8.52. The maximum Gasteiger partial charge on any atom is 3.00 e. The minimum atomic E-state index is -3.63. The van der Waals surface area contributed by atoms with Crippen molar-refractivity contribution in [2.24, 2.45) is 0 Å². The first-order valence-electron chi connectivity index (χ1n) is 1.84. The molecule has 0 spiro atoms. The van der Waals surface area contributed by atoms with E-state index in [0.29, 0.717) is 0 Å². The van der Waals surface area contributed by atoms with E-state index in [1.807, 2.05) is 0 Å². The number of rotatable bonds is 0. The largest absolute Gasteiger partial charge is 3.00 e. The second-order valence-corrected chi connectivity index (χ2v) is 2.25. The van der Waals surface area contributed by atoms with Crippen LogP contribution in [0.2, 0.25) is 0 Å². The quantitative estimate of drug-likeness (QED) is 0.244. The van der Waals surface area contributed by atoms with E-state index in [-0.39, 0.29) is 187 Å². The van der Waals surface area contributed by atoms with Crippen molar-refractivity contribution in [3.05, 3.63) is 0 Å². The van der Waals surface area contributed by atoms with E-state index in [9.17, 15) is 0 Å². The average molecular weight is 597 g/mol. The molecule has 78 valence electrons. The molecule has 0 N–H and O–H groups in total.